The Bertz CT molecular complexity index is 222. The van der Waals surface area contributed by atoms with Gasteiger partial charge in [0.15, 0.2) is 0 Å². The van der Waals surface area contributed by atoms with E-state index in [1.54, 1.807) is 0 Å². The van der Waals surface area contributed by atoms with E-state index in [9.17, 15) is 4.79 Å². The van der Waals surface area contributed by atoms with Gasteiger partial charge in [0, 0.05) is 23.8 Å². The summed E-state index contributed by atoms with van der Waals surface area (Å²) in [5, 5.41) is 0.891. The van der Waals surface area contributed by atoms with Crippen molar-refractivity contribution in [1.82, 2.24) is 4.90 Å². The molecule has 3 heteroatoms. The van der Waals surface area contributed by atoms with Gasteiger partial charge in [0.05, 0.1) is 0 Å². The first-order valence-corrected chi connectivity index (χ1v) is 8.23. The summed E-state index contributed by atoms with van der Waals surface area (Å²) in [5.41, 5.74) is 0. The van der Waals surface area contributed by atoms with Crippen LogP contribution in [0.4, 0.5) is 0 Å². The number of hydrogen-bond acceptors (Lipinski definition) is 1. The number of halogens is 1. The van der Waals surface area contributed by atoms with Crippen molar-refractivity contribution in [2.75, 3.05) is 11.9 Å². The van der Waals surface area contributed by atoms with Gasteiger partial charge >= 0.3 is 0 Å². The number of rotatable bonds is 6. The van der Waals surface area contributed by atoms with E-state index >= 15 is 0 Å². The highest BCUT2D eigenvalue weighted by atomic mass is 79.9. The molecule has 0 bridgehead atoms. The number of amides is 1. The first-order chi connectivity index (χ1) is 8.24. The minimum Gasteiger partial charge on any atom is -0.339 e. The van der Waals surface area contributed by atoms with Crippen LogP contribution in [0.5, 0.6) is 0 Å². The molecule has 0 aromatic rings. The molecule has 1 fully saturated rings. The Balaban J connectivity index is 2.63. The maximum Gasteiger partial charge on any atom is 0.225 e. The molecule has 0 atom stereocenters. The molecule has 0 unspecified atom stereocenters. The van der Waals surface area contributed by atoms with Gasteiger partial charge in [-0.05, 0) is 25.7 Å². The van der Waals surface area contributed by atoms with Gasteiger partial charge in [0.25, 0.3) is 0 Å². The molecule has 0 spiro atoms. The molecule has 1 rings (SSSR count). The second kappa shape index (κ2) is 8.12. The van der Waals surface area contributed by atoms with Crippen LogP contribution in [0.15, 0.2) is 0 Å². The van der Waals surface area contributed by atoms with E-state index in [0.717, 1.165) is 37.6 Å². The number of alkyl halides is 1. The predicted molar refractivity (Wildman–Crippen MR) is 76.5 cm³/mol. The number of nitrogens with zero attached hydrogens (tertiary/aromatic N) is 1. The van der Waals surface area contributed by atoms with Gasteiger partial charge in [-0.2, -0.15) is 0 Å². The lowest BCUT2D eigenvalue weighted by atomic mass is 9.87. The largest absolute Gasteiger partial charge is 0.339 e. The van der Waals surface area contributed by atoms with E-state index in [1.807, 2.05) is 0 Å². The summed E-state index contributed by atoms with van der Waals surface area (Å²) in [6.07, 6.45) is 8.15. The standard InChI is InChI=1S/C14H26BrNO/c1-3-13(4-2)16(11-10-15)14(17)12-8-6-5-7-9-12/h12-13H,3-11H2,1-2H3. The number of carbonyl (C=O) groups excluding carboxylic acids is 1. The fourth-order valence-corrected chi connectivity index (χ4v) is 3.26. The molecular weight excluding hydrogens is 278 g/mol. The molecule has 1 saturated carbocycles. The van der Waals surface area contributed by atoms with E-state index in [0.29, 0.717) is 17.9 Å². The summed E-state index contributed by atoms with van der Waals surface area (Å²) in [6.45, 7) is 5.23. The fourth-order valence-electron chi connectivity index (χ4n) is 2.88. The average Bonchev–Trinajstić information content (AvgIpc) is 2.39. The third-order valence-electron chi connectivity index (χ3n) is 3.95. The molecule has 0 aliphatic heterocycles. The van der Waals surface area contributed by atoms with Gasteiger partial charge in [-0.1, -0.05) is 49.0 Å². The van der Waals surface area contributed by atoms with E-state index in [2.05, 4.69) is 34.7 Å². The van der Waals surface area contributed by atoms with E-state index < -0.39 is 0 Å². The van der Waals surface area contributed by atoms with Crippen LogP contribution in [0, 0.1) is 5.92 Å². The number of carbonyl (C=O) groups is 1. The molecule has 0 aromatic heterocycles. The highest BCUT2D eigenvalue weighted by molar-refractivity contribution is 9.09. The first-order valence-electron chi connectivity index (χ1n) is 7.11. The van der Waals surface area contributed by atoms with Crippen molar-refractivity contribution in [2.24, 2.45) is 5.92 Å². The fraction of sp³-hybridized carbons (Fsp3) is 0.929. The van der Waals surface area contributed by atoms with Crippen LogP contribution in [0.1, 0.15) is 58.8 Å². The Morgan fingerprint density at radius 3 is 2.29 bits per heavy atom. The van der Waals surface area contributed by atoms with Crippen LogP contribution >= 0.6 is 15.9 Å². The van der Waals surface area contributed by atoms with E-state index in [1.165, 1.54) is 19.3 Å². The van der Waals surface area contributed by atoms with Crippen molar-refractivity contribution in [2.45, 2.75) is 64.8 Å². The molecule has 0 aromatic carbocycles. The Morgan fingerprint density at radius 1 is 1.24 bits per heavy atom. The topological polar surface area (TPSA) is 20.3 Å². The van der Waals surface area contributed by atoms with Crippen molar-refractivity contribution in [3.63, 3.8) is 0 Å². The van der Waals surface area contributed by atoms with Gasteiger partial charge in [-0.15, -0.1) is 0 Å². The Labute approximate surface area is 114 Å². The van der Waals surface area contributed by atoms with Crippen LogP contribution in [0.25, 0.3) is 0 Å². The molecule has 0 saturated heterocycles. The summed E-state index contributed by atoms with van der Waals surface area (Å²) in [7, 11) is 0. The third-order valence-corrected chi connectivity index (χ3v) is 4.30. The minimum absolute atomic E-state index is 0.309. The third kappa shape index (κ3) is 4.27. The number of hydrogen-bond donors (Lipinski definition) is 0. The zero-order valence-corrected chi connectivity index (χ0v) is 12.8. The van der Waals surface area contributed by atoms with Crippen molar-refractivity contribution in [1.29, 1.82) is 0 Å². The monoisotopic (exact) mass is 303 g/mol. The molecule has 100 valence electrons. The maximum atomic E-state index is 12.6. The SMILES string of the molecule is CCC(CC)N(CCBr)C(=O)C1CCCCC1. The lowest BCUT2D eigenvalue weighted by Gasteiger charge is -2.34. The summed E-state index contributed by atoms with van der Waals surface area (Å²) in [5.74, 6) is 0.723. The molecule has 1 aliphatic rings. The molecule has 0 N–H and O–H groups in total. The van der Waals surface area contributed by atoms with Gasteiger partial charge in [0.2, 0.25) is 5.91 Å². The predicted octanol–water partition coefficient (Wildman–Crippen LogP) is 3.98. The van der Waals surface area contributed by atoms with Crippen molar-refractivity contribution < 1.29 is 4.79 Å². The molecular formula is C14H26BrNO. The lowest BCUT2D eigenvalue weighted by Crippen LogP contribution is -2.44. The normalized spacial score (nSPS) is 17.4. The van der Waals surface area contributed by atoms with Gasteiger partial charge in [0.1, 0.15) is 0 Å². The highest BCUT2D eigenvalue weighted by Crippen LogP contribution is 2.26. The van der Waals surface area contributed by atoms with Crippen molar-refractivity contribution in [3.8, 4) is 0 Å². The van der Waals surface area contributed by atoms with Gasteiger partial charge < -0.3 is 4.90 Å². The van der Waals surface area contributed by atoms with E-state index in [4.69, 9.17) is 0 Å². The summed E-state index contributed by atoms with van der Waals surface area (Å²) in [6, 6.07) is 0.432. The average molecular weight is 304 g/mol. The van der Waals surface area contributed by atoms with Crippen molar-refractivity contribution >= 4 is 21.8 Å². The Kier molecular flexibility index (Phi) is 7.17. The highest BCUT2D eigenvalue weighted by Gasteiger charge is 2.28. The molecule has 2 nitrogen and oxygen atoms in total. The summed E-state index contributed by atoms with van der Waals surface area (Å²) >= 11 is 3.48. The second-order valence-electron chi connectivity index (χ2n) is 5.03. The first kappa shape index (κ1) is 15.0. The van der Waals surface area contributed by atoms with Crippen LogP contribution < -0.4 is 0 Å². The molecule has 1 aliphatic carbocycles. The van der Waals surface area contributed by atoms with Crippen LogP contribution in [0.3, 0.4) is 0 Å². The van der Waals surface area contributed by atoms with Crippen LogP contribution in [-0.4, -0.2) is 28.7 Å². The Morgan fingerprint density at radius 2 is 1.82 bits per heavy atom. The van der Waals surface area contributed by atoms with E-state index in [-0.39, 0.29) is 0 Å². The molecule has 17 heavy (non-hydrogen) atoms. The second-order valence-corrected chi connectivity index (χ2v) is 5.82. The lowest BCUT2D eigenvalue weighted by molar-refractivity contribution is -0.138. The zero-order valence-electron chi connectivity index (χ0n) is 11.3. The van der Waals surface area contributed by atoms with Crippen molar-refractivity contribution in [3.05, 3.63) is 0 Å². The van der Waals surface area contributed by atoms with Gasteiger partial charge in [-0.25, -0.2) is 0 Å². The molecule has 1 amide bonds. The molecule has 0 heterocycles. The maximum absolute atomic E-state index is 12.6. The zero-order chi connectivity index (χ0) is 12.7. The minimum atomic E-state index is 0.309. The Hall–Kier alpha value is -0.0500. The smallest absolute Gasteiger partial charge is 0.225 e. The van der Waals surface area contributed by atoms with Crippen LogP contribution in [0.2, 0.25) is 0 Å². The molecule has 0 radical (unpaired) electrons. The summed E-state index contributed by atoms with van der Waals surface area (Å²) < 4.78 is 0. The quantitative estimate of drug-likeness (QED) is 0.680. The summed E-state index contributed by atoms with van der Waals surface area (Å²) in [4.78, 5) is 14.7. The van der Waals surface area contributed by atoms with Crippen LogP contribution in [-0.2, 0) is 4.79 Å². The van der Waals surface area contributed by atoms with Gasteiger partial charge in [-0.3, -0.25) is 4.79 Å².